The van der Waals surface area contributed by atoms with Gasteiger partial charge in [-0.05, 0) is 58.5 Å². The normalized spacial score (nSPS) is 16.3. The minimum Gasteiger partial charge on any atom is -0.379 e. The first kappa shape index (κ1) is 19.5. The monoisotopic (exact) mass is 488 g/mol. The molecule has 1 N–H and O–H groups in total. The molecule has 0 aliphatic carbocycles. The summed E-state index contributed by atoms with van der Waals surface area (Å²) in [6, 6.07) is 11.9. The number of halogens is 3. The van der Waals surface area contributed by atoms with Crippen molar-refractivity contribution in [2.45, 2.75) is 6.04 Å². The third kappa shape index (κ3) is 4.94. The summed E-state index contributed by atoms with van der Waals surface area (Å²) in [5.41, 5.74) is 1.42. The van der Waals surface area contributed by atoms with Crippen LogP contribution in [0, 0.1) is 9.39 Å². The minimum absolute atomic E-state index is 0.00587. The Morgan fingerprint density at radius 2 is 1.92 bits per heavy atom. The highest BCUT2D eigenvalue weighted by Gasteiger charge is 2.23. The van der Waals surface area contributed by atoms with E-state index >= 15 is 0 Å². The van der Waals surface area contributed by atoms with E-state index in [1.54, 1.807) is 6.07 Å². The van der Waals surface area contributed by atoms with Gasteiger partial charge in [0.2, 0.25) is 0 Å². The summed E-state index contributed by atoms with van der Waals surface area (Å²) in [6.45, 7) is 3.34. The average molecular weight is 489 g/mol. The van der Waals surface area contributed by atoms with Crippen LogP contribution in [0.4, 0.5) is 4.39 Å². The first-order chi connectivity index (χ1) is 12.5. The van der Waals surface area contributed by atoms with E-state index in [-0.39, 0.29) is 11.9 Å². The quantitative estimate of drug-likeness (QED) is 0.650. The van der Waals surface area contributed by atoms with Gasteiger partial charge >= 0.3 is 0 Å². The zero-order valence-electron chi connectivity index (χ0n) is 14.1. The lowest BCUT2D eigenvalue weighted by atomic mass is 10.0. The number of ether oxygens (including phenoxy) is 1. The number of nitrogens with one attached hydrogen (secondary N) is 1. The second-order valence-electron chi connectivity index (χ2n) is 6.05. The number of carbonyl (C=O) groups is 1. The maximum atomic E-state index is 13.5. The van der Waals surface area contributed by atoms with Crippen LogP contribution in [0.1, 0.15) is 22.0 Å². The van der Waals surface area contributed by atoms with E-state index in [4.69, 9.17) is 16.3 Å². The molecule has 0 bridgehead atoms. The lowest BCUT2D eigenvalue weighted by molar-refractivity contribution is 0.0162. The van der Waals surface area contributed by atoms with Crippen molar-refractivity contribution in [3.05, 3.63) is 68.0 Å². The fourth-order valence-corrected chi connectivity index (χ4v) is 3.69. The Hall–Kier alpha value is -1.22. The molecule has 1 fully saturated rings. The standard InChI is InChI=1S/C19H19ClFIN2O2/c20-14-3-1-13(2-4-14)18(24-7-9-26-10-8-24)12-23-19(25)16-11-15(21)5-6-17(16)22/h1-6,11,18H,7-10,12H2,(H,23,25). The van der Waals surface area contributed by atoms with Gasteiger partial charge in [-0.25, -0.2) is 4.39 Å². The Bertz CT molecular complexity index is 767. The summed E-state index contributed by atoms with van der Waals surface area (Å²) in [5, 5.41) is 3.63. The van der Waals surface area contributed by atoms with Crippen molar-refractivity contribution in [1.29, 1.82) is 0 Å². The molecular weight excluding hydrogens is 470 g/mol. The average Bonchev–Trinajstić information content (AvgIpc) is 2.66. The van der Waals surface area contributed by atoms with Crippen molar-refractivity contribution in [1.82, 2.24) is 10.2 Å². The van der Waals surface area contributed by atoms with Gasteiger partial charge in [0.25, 0.3) is 5.91 Å². The summed E-state index contributed by atoms with van der Waals surface area (Å²) >= 11 is 8.04. The van der Waals surface area contributed by atoms with Crippen LogP contribution in [-0.2, 0) is 4.74 Å². The maximum absolute atomic E-state index is 13.5. The predicted octanol–water partition coefficient (Wildman–Crippen LogP) is 3.89. The second kappa shape index (κ2) is 9.12. The van der Waals surface area contributed by atoms with Gasteiger partial charge in [0.15, 0.2) is 0 Å². The van der Waals surface area contributed by atoms with Crippen LogP contribution in [-0.4, -0.2) is 43.7 Å². The molecule has 1 heterocycles. The number of hydrogen-bond donors (Lipinski definition) is 1. The van der Waals surface area contributed by atoms with Crippen LogP contribution in [0.2, 0.25) is 5.02 Å². The molecule has 26 heavy (non-hydrogen) atoms. The Morgan fingerprint density at radius 1 is 1.23 bits per heavy atom. The highest BCUT2D eigenvalue weighted by molar-refractivity contribution is 14.1. The number of amides is 1. The zero-order chi connectivity index (χ0) is 18.5. The third-order valence-corrected chi connectivity index (χ3v) is 5.56. The van der Waals surface area contributed by atoms with Crippen molar-refractivity contribution >= 4 is 40.1 Å². The molecular formula is C19H19ClFIN2O2. The SMILES string of the molecule is O=C(NCC(c1ccc(Cl)cc1)N1CCOCC1)c1cc(F)ccc1I. The fraction of sp³-hybridized carbons (Fsp3) is 0.316. The largest absolute Gasteiger partial charge is 0.379 e. The van der Waals surface area contributed by atoms with Crippen LogP contribution in [0.15, 0.2) is 42.5 Å². The molecule has 2 aromatic carbocycles. The molecule has 0 radical (unpaired) electrons. The van der Waals surface area contributed by atoms with E-state index in [0.29, 0.717) is 30.3 Å². The molecule has 1 saturated heterocycles. The second-order valence-corrected chi connectivity index (χ2v) is 7.65. The molecule has 2 aromatic rings. The molecule has 0 saturated carbocycles. The van der Waals surface area contributed by atoms with E-state index in [9.17, 15) is 9.18 Å². The van der Waals surface area contributed by atoms with Crippen LogP contribution in [0.25, 0.3) is 0 Å². The van der Waals surface area contributed by atoms with Crippen LogP contribution >= 0.6 is 34.2 Å². The Labute approximate surface area is 170 Å². The summed E-state index contributed by atoms with van der Waals surface area (Å²) in [4.78, 5) is 14.8. The van der Waals surface area contributed by atoms with Crippen molar-refractivity contribution in [3.63, 3.8) is 0 Å². The maximum Gasteiger partial charge on any atom is 0.252 e. The number of hydrogen-bond acceptors (Lipinski definition) is 3. The Balaban J connectivity index is 1.75. The van der Waals surface area contributed by atoms with Crippen LogP contribution in [0.5, 0.6) is 0 Å². The zero-order valence-corrected chi connectivity index (χ0v) is 17.0. The topological polar surface area (TPSA) is 41.6 Å². The van der Waals surface area contributed by atoms with Crippen molar-refractivity contribution in [3.8, 4) is 0 Å². The van der Waals surface area contributed by atoms with E-state index in [0.717, 1.165) is 22.2 Å². The smallest absolute Gasteiger partial charge is 0.252 e. The lowest BCUT2D eigenvalue weighted by Gasteiger charge is -2.35. The van der Waals surface area contributed by atoms with Crippen molar-refractivity contribution in [2.24, 2.45) is 0 Å². The fourth-order valence-electron chi connectivity index (χ4n) is 2.99. The van der Waals surface area contributed by atoms with Crippen molar-refractivity contribution < 1.29 is 13.9 Å². The van der Waals surface area contributed by atoms with E-state index in [2.05, 4.69) is 10.2 Å². The summed E-state index contributed by atoms with van der Waals surface area (Å²) in [5.74, 6) is -0.695. The Kier molecular flexibility index (Phi) is 6.86. The van der Waals surface area contributed by atoms with Gasteiger partial charge in [0.05, 0.1) is 24.8 Å². The van der Waals surface area contributed by atoms with Gasteiger partial charge in [0.1, 0.15) is 5.82 Å². The van der Waals surface area contributed by atoms with Crippen molar-refractivity contribution in [2.75, 3.05) is 32.8 Å². The first-order valence-electron chi connectivity index (χ1n) is 8.35. The van der Waals surface area contributed by atoms with Gasteiger partial charge < -0.3 is 10.1 Å². The molecule has 7 heteroatoms. The molecule has 4 nitrogen and oxygen atoms in total. The van der Waals surface area contributed by atoms with Gasteiger partial charge in [-0.3, -0.25) is 9.69 Å². The number of nitrogens with zero attached hydrogens (tertiary/aromatic N) is 1. The number of morpholine rings is 1. The highest BCUT2D eigenvalue weighted by Crippen LogP contribution is 2.23. The Morgan fingerprint density at radius 3 is 2.62 bits per heavy atom. The molecule has 138 valence electrons. The van der Waals surface area contributed by atoms with E-state index in [1.807, 2.05) is 46.9 Å². The number of carbonyl (C=O) groups excluding carboxylic acids is 1. The molecule has 0 aromatic heterocycles. The summed E-state index contributed by atoms with van der Waals surface area (Å²) in [6.07, 6.45) is 0. The van der Waals surface area contributed by atoms with Gasteiger partial charge in [-0.15, -0.1) is 0 Å². The van der Waals surface area contributed by atoms with E-state index < -0.39 is 5.82 Å². The molecule has 1 aliphatic rings. The molecule has 3 rings (SSSR count). The van der Waals surface area contributed by atoms with Gasteiger partial charge in [0, 0.05) is 28.2 Å². The number of rotatable bonds is 5. The predicted molar refractivity (Wildman–Crippen MR) is 108 cm³/mol. The summed E-state index contributed by atoms with van der Waals surface area (Å²) < 4.78 is 19.6. The first-order valence-corrected chi connectivity index (χ1v) is 9.81. The lowest BCUT2D eigenvalue weighted by Crippen LogP contribution is -2.43. The minimum atomic E-state index is -0.419. The molecule has 1 amide bonds. The number of benzene rings is 2. The molecule has 1 unspecified atom stereocenters. The van der Waals surface area contributed by atoms with Crippen LogP contribution in [0.3, 0.4) is 0 Å². The van der Waals surface area contributed by atoms with Gasteiger partial charge in [-0.1, -0.05) is 23.7 Å². The summed E-state index contributed by atoms with van der Waals surface area (Å²) in [7, 11) is 0. The van der Waals surface area contributed by atoms with Gasteiger partial charge in [-0.2, -0.15) is 0 Å². The highest BCUT2D eigenvalue weighted by atomic mass is 127. The third-order valence-electron chi connectivity index (χ3n) is 4.37. The van der Waals surface area contributed by atoms with E-state index in [1.165, 1.54) is 12.1 Å². The molecule has 1 aliphatic heterocycles. The molecule has 0 spiro atoms. The van der Waals surface area contributed by atoms with Crippen LogP contribution < -0.4 is 5.32 Å². The molecule has 1 atom stereocenters.